The molecule has 3 nitrogen and oxygen atoms in total. The summed E-state index contributed by atoms with van der Waals surface area (Å²) in [4.78, 5) is 5.06. The number of imidazole rings is 1. The number of aromatic nitrogens is 2. The molecule has 0 aliphatic heterocycles. The van der Waals surface area contributed by atoms with E-state index < -0.39 is 7.14 Å². The van der Waals surface area contributed by atoms with Gasteiger partial charge in [-0.05, 0) is 51.9 Å². The number of fused-ring (bicyclic) bond motifs is 8. The van der Waals surface area contributed by atoms with E-state index >= 15 is 0 Å². The van der Waals surface area contributed by atoms with Crippen molar-refractivity contribution in [1.29, 1.82) is 0 Å². The molecule has 0 amide bonds. The fourth-order valence-electron chi connectivity index (χ4n) is 6.95. The Morgan fingerprint density at radius 1 is 0.404 bits per heavy atom. The summed E-state index contributed by atoms with van der Waals surface area (Å²) in [7, 11) is -3.03. The average Bonchev–Trinajstić information content (AvgIpc) is 3.56. The lowest BCUT2D eigenvalue weighted by molar-refractivity contribution is 0.592. The van der Waals surface area contributed by atoms with Crippen molar-refractivity contribution in [3.05, 3.63) is 176 Å². The first-order chi connectivity index (χ1) is 23.2. The third kappa shape index (κ3) is 4.43. The van der Waals surface area contributed by atoms with E-state index in [9.17, 15) is 4.57 Å². The minimum absolute atomic E-state index is 0.827. The summed E-state index contributed by atoms with van der Waals surface area (Å²) < 4.78 is 17.1. The fourth-order valence-corrected chi connectivity index (χ4v) is 9.60. The molecule has 4 heteroatoms. The summed E-state index contributed by atoms with van der Waals surface area (Å²) >= 11 is 0. The summed E-state index contributed by atoms with van der Waals surface area (Å²) in [6, 6.07) is 60.2. The molecule has 7 aromatic carbocycles. The molecule has 2 aromatic heterocycles. The number of benzene rings is 7. The summed E-state index contributed by atoms with van der Waals surface area (Å²) in [5.41, 5.74) is 8.68. The van der Waals surface area contributed by atoms with Crippen LogP contribution in [0.1, 0.15) is 0 Å². The highest BCUT2D eigenvalue weighted by Crippen LogP contribution is 2.43. The minimum Gasteiger partial charge on any atom is -0.309 e. The molecular formula is C43H29N2OP. The van der Waals surface area contributed by atoms with E-state index in [1.165, 1.54) is 10.8 Å². The Kier molecular flexibility index (Phi) is 6.41. The smallest absolute Gasteiger partial charge is 0.171 e. The van der Waals surface area contributed by atoms with Gasteiger partial charge in [0.1, 0.15) is 5.65 Å². The van der Waals surface area contributed by atoms with Crippen LogP contribution >= 0.6 is 7.14 Å². The van der Waals surface area contributed by atoms with E-state index in [0.717, 1.165) is 65.8 Å². The molecule has 222 valence electrons. The Hall–Kier alpha value is -5.76. The van der Waals surface area contributed by atoms with Crippen LogP contribution in [-0.2, 0) is 4.57 Å². The van der Waals surface area contributed by atoms with Crippen molar-refractivity contribution in [2.24, 2.45) is 0 Å². The van der Waals surface area contributed by atoms with Crippen LogP contribution in [0.25, 0.3) is 60.6 Å². The topological polar surface area (TPSA) is 34.4 Å². The molecule has 9 aromatic rings. The summed E-state index contributed by atoms with van der Waals surface area (Å²) in [6.45, 7) is 0. The van der Waals surface area contributed by atoms with Crippen LogP contribution in [0.4, 0.5) is 0 Å². The Labute approximate surface area is 272 Å². The van der Waals surface area contributed by atoms with Crippen LogP contribution in [0.2, 0.25) is 0 Å². The van der Waals surface area contributed by atoms with Crippen molar-refractivity contribution < 1.29 is 4.57 Å². The third-order valence-electron chi connectivity index (χ3n) is 9.26. The molecule has 0 bridgehead atoms. The lowest BCUT2D eigenvalue weighted by Gasteiger charge is -2.20. The summed E-state index contributed by atoms with van der Waals surface area (Å²) in [6.07, 6.45) is 0. The first-order valence-corrected chi connectivity index (χ1v) is 17.5. The summed E-state index contributed by atoms with van der Waals surface area (Å²) in [5, 5.41) is 6.06. The largest absolute Gasteiger partial charge is 0.309 e. The van der Waals surface area contributed by atoms with Crippen molar-refractivity contribution in [3.63, 3.8) is 0 Å². The van der Waals surface area contributed by atoms with Gasteiger partial charge in [0.15, 0.2) is 7.14 Å². The first kappa shape index (κ1) is 27.5. The number of nitrogens with zero attached hydrogens (tertiary/aromatic N) is 2. The van der Waals surface area contributed by atoms with Gasteiger partial charge in [0, 0.05) is 26.7 Å². The SMILES string of the molecule is O=P(c1ccccc1)(c1ccccc1)c1ccc(-c2cccc(-c3ccc4c5ccccc5c5nc6ccccc6n5c4c3)c2)cc1. The van der Waals surface area contributed by atoms with Crippen molar-refractivity contribution in [2.75, 3.05) is 0 Å². The quantitative estimate of drug-likeness (QED) is 0.142. The van der Waals surface area contributed by atoms with Crippen molar-refractivity contribution >= 4 is 61.4 Å². The van der Waals surface area contributed by atoms with Crippen LogP contribution in [0, 0.1) is 0 Å². The normalized spacial score (nSPS) is 11.9. The predicted molar refractivity (Wildman–Crippen MR) is 198 cm³/mol. The monoisotopic (exact) mass is 620 g/mol. The van der Waals surface area contributed by atoms with Crippen molar-refractivity contribution in [3.8, 4) is 22.3 Å². The maximum Gasteiger partial charge on any atom is 0.171 e. The van der Waals surface area contributed by atoms with Gasteiger partial charge in [0.2, 0.25) is 0 Å². The molecule has 9 rings (SSSR count). The van der Waals surface area contributed by atoms with Crippen LogP contribution in [0.5, 0.6) is 0 Å². The Morgan fingerprint density at radius 2 is 0.957 bits per heavy atom. The van der Waals surface area contributed by atoms with Gasteiger partial charge in [-0.2, -0.15) is 0 Å². The van der Waals surface area contributed by atoms with E-state index in [1.54, 1.807) is 0 Å². The second kappa shape index (κ2) is 10.9. The van der Waals surface area contributed by atoms with E-state index in [0.29, 0.717) is 0 Å². The van der Waals surface area contributed by atoms with E-state index in [2.05, 4.69) is 101 Å². The molecule has 0 radical (unpaired) electrons. The van der Waals surface area contributed by atoms with Gasteiger partial charge in [0.05, 0.1) is 16.6 Å². The summed E-state index contributed by atoms with van der Waals surface area (Å²) in [5.74, 6) is 0. The third-order valence-corrected chi connectivity index (χ3v) is 12.3. The van der Waals surface area contributed by atoms with Crippen LogP contribution in [0.15, 0.2) is 176 Å². The maximum absolute atomic E-state index is 14.8. The Bertz CT molecular complexity index is 2600. The van der Waals surface area contributed by atoms with Crippen LogP contribution < -0.4 is 15.9 Å². The van der Waals surface area contributed by atoms with Gasteiger partial charge in [-0.25, -0.2) is 4.98 Å². The number of para-hydroxylation sites is 2. The van der Waals surface area contributed by atoms with Crippen LogP contribution in [0.3, 0.4) is 0 Å². The second-order valence-electron chi connectivity index (χ2n) is 11.9. The maximum atomic E-state index is 14.8. The molecule has 47 heavy (non-hydrogen) atoms. The molecule has 0 N–H and O–H groups in total. The molecule has 0 atom stereocenters. The Morgan fingerprint density at radius 3 is 1.68 bits per heavy atom. The van der Waals surface area contributed by atoms with E-state index in [1.807, 2.05) is 78.9 Å². The number of hydrogen-bond donors (Lipinski definition) is 0. The molecule has 0 saturated carbocycles. The zero-order valence-electron chi connectivity index (χ0n) is 25.5. The van der Waals surface area contributed by atoms with Crippen LogP contribution in [-0.4, -0.2) is 9.38 Å². The minimum atomic E-state index is -3.03. The second-order valence-corrected chi connectivity index (χ2v) is 14.7. The highest BCUT2D eigenvalue weighted by Gasteiger charge is 2.29. The lowest BCUT2D eigenvalue weighted by Crippen LogP contribution is -2.24. The van der Waals surface area contributed by atoms with Gasteiger partial charge in [-0.3, -0.25) is 4.40 Å². The Balaban J connectivity index is 1.15. The molecular weight excluding hydrogens is 591 g/mol. The van der Waals surface area contributed by atoms with Crippen molar-refractivity contribution in [1.82, 2.24) is 9.38 Å². The predicted octanol–water partition coefficient (Wildman–Crippen LogP) is 9.77. The number of pyridine rings is 1. The average molecular weight is 621 g/mol. The van der Waals surface area contributed by atoms with E-state index in [4.69, 9.17) is 4.98 Å². The van der Waals surface area contributed by atoms with Gasteiger partial charge >= 0.3 is 0 Å². The fraction of sp³-hybridized carbons (Fsp3) is 0. The first-order valence-electron chi connectivity index (χ1n) is 15.8. The molecule has 0 aliphatic rings. The molecule has 0 aliphatic carbocycles. The van der Waals surface area contributed by atoms with Gasteiger partial charge in [-0.15, -0.1) is 0 Å². The molecule has 0 spiro atoms. The zero-order chi connectivity index (χ0) is 31.4. The van der Waals surface area contributed by atoms with Crippen molar-refractivity contribution in [2.45, 2.75) is 0 Å². The molecule has 0 saturated heterocycles. The standard InChI is InChI=1S/C43H29N2OP/c46-47(34-14-3-1-4-15-34,35-16-5-2-6-17-35)36-25-22-30(23-26-36)31-12-11-13-32(28-31)33-24-27-38-37-18-7-8-19-39(37)43-44-40-20-9-10-21-41(40)45(43)42(38)29-33/h1-29H. The highest BCUT2D eigenvalue weighted by atomic mass is 31.2. The lowest BCUT2D eigenvalue weighted by atomic mass is 9.97. The number of hydrogen-bond acceptors (Lipinski definition) is 2. The zero-order valence-corrected chi connectivity index (χ0v) is 26.4. The van der Waals surface area contributed by atoms with Gasteiger partial charge in [-0.1, -0.05) is 152 Å². The number of rotatable bonds is 5. The van der Waals surface area contributed by atoms with E-state index in [-0.39, 0.29) is 0 Å². The van der Waals surface area contributed by atoms with Gasteiger partial charge < -0.3 is 4.57 Å². The highest BCUT2D eigenvalue weighted by molar-refractivity contribution is 7.85. The molecule has 2 heterocycles. The van der Waals surface area contributed by atoms with Gasteiger partial charge in [0.25, 0.3) is 0 Å². The molecule has 0 unspecified atom stereocenters. The molecule has 0 fully saturated rings.